The third-order valence-electron chi connectivity index (χ3n) is 5.25. The van der Waals surface area contributed by atoms with E-state index in [1.807, 2.05) is 53.1 Å². The maximum absolute atomic E-state index is 12.9. The van der Waals surface area contributed by atoms with Gasteiger partial charge in [-0.05, 0) is 30.0 Å². The van der Waals surface area contributed by atoms with Gasteiger partial charge in [0.1, 0.15) is 16.8 Å². The number of rotatable bonds is 4. The summed E-state index contributed by atoms with van der Waals surface area (Å²) in [7, 11) is 0. The molecule has 0 bridgehead atoms. The molecule has 1 aliphatic rings. The molecule has 5 rings (SSSR count). The van der Waals surface area contributed by atoms with E-state index >= 15 is 0 Å². The smallest absolute Gasteiger partial charge is 0.291 e. The number of fused-ring (bicyclic) bond motifs is 3. The van der Waals surface area contributed by atoms with E-state index in [0.717, 1.165) is 17.7 Å². The molecule has 0 saturated heterocycles. The molecule has 8 heteroatoms. The highest BCUT2D eigenvalue weighted by molar-refractivity contribution is 6.29. The Morgan fingerprint density at radius 3 is 2.83 bits per heavy atom. The van der Waals surface area contributed by atoms with Crippen LogP contribution < -0.4 is 5.32 Å². The fourth-order valence-electron chi connectivity index (χ4n) is 3.82. The van der Waals surface area contributed by atoms with Crippen molar-refractivity contribution in [1.29, 1.82) is 0 Å². The number of aromatic amines is 1. The van der Waals surface area contributed by atoms with Crippen molar-refractivity contribution in [3.63, 3.8) is 0 Å². The number of hydrogen-bond acceptors (Lipinski definition) is 4. The molecular weight excluding hydrogens is 400 g/mol. The largest absolute Gasteiger partial charge is 0.339 e. The third kappa shape index (κ3) is 3.48. The number of benzene rings is 2. The molecule has 0 aliphatic carbocycles. The lowest BCUT2D eigenvalue weighted by atomic mass is 10.1. The van der Waals surface area contributed by atoms with Crippen molar-refractivity contribution in [1.82, 2.24) is 30.0 Å². The molecule has 0 spiro atoms. The van der Waals surface area contributed by atoms with Gasteiger partial charge in [-0.1, -0.05) is 60.1 Å². The Kier molecular flexibility index (Phi) is 4.80. The monoisotopic (exact) mass is 418 g/mol. The van der Waals surface area contributed by atoms with Crippen LogP contribution in [0.5, 0.6) is 0 Å². The van der Waals surface area contributed by atoms with E-state index in [1.54, 1.807) is 6.20 Å². The van der Waals surface area contributed by atoms with E-state index in [4.69, 9.17) is 11.6 Å². The average Bonchev–Trinajstić information content (AvgIpc) is 3.35. The lowest BCUT2D eigenvalue weighted by Gasteiger charge is -2.16. The first kappa shape index (κ1) is 18.6. The number of hydrogen-bond donors (Lipinski definition) is 2. The first-order chi connectivity index (χ1) is 14.7. The van der Waals surface area contributed by atoms with E-state index in [0.29, 0.717) is 29.6 Å². The van der Waals surface area contributed by atoms with Gasteiger partial charge in [-0.25, -0.2) is 9.97 Å². The van der Waals surface area contributed by atoms with Gasteiger partial charge in [0.05, 0.1) is 17.9 Å². The van der Waals surface area contributed by atoms with Crippen molar-refractivity contribution in [2.75, 3.05) is 0 Å². The molecule has 30 heavy (non-hydrogen) atoms. The summed E-state index contributed by atoms with van der Waals surface area (Å²) in [5, 5.41) is 10.5. The zero-order chi connectivity index (χ0) is 20.5. The van der Waals surface area contributed by atoms with Crippen LogP contribution in [0.15, 0.2) is 60.8 Å². The number of carbonyl (C=O) groups excluding carboxylic acids is 1. The fourth-order valence-corrected chi connectivity index (χ4v) is 4.05. The Morgan fingerprint density at radius 2 is 1.97 bits per heavy atom. The van der Waals surface area contributed by atoms with Gasteiger partial charge >= 0.3 is 0 Å². The second-order valence-electron chi connectivity index (χ2n) is 7.24. The van der Waals surface area contributed by atoms with Gasteiger partial charge in [-0.2, -0.15) is 0 Å². The van der Waals surface area contributed by atoms with E-state index in [2.05, 4.69) is 31.5 Å². The van der Waals surface area contributed by atoms with E-state index in [1.165, 1.54) is 5.56 Å². The van der Waals surface area contributed by atoms with Gasteiger partial charge in [0.25, 0.3) is 5.91 Å². The van der Waals surface area contributed by atoms with Crippen LogP contribution in [-0.2, 0) is 12.8 Å². The van der Waals surface area contributed by atoms with Crippen molar-refractivity contribution < 1.29 is 4.79 Å². The number of H-pyrrole nitrogens is 1. The summed E-state index contributed by atoms with van der Waals surface area (Å²) < 4.78 is 1.90. The molecule has 4 aromatic rings. The quantitative estimate of drug-likeness (QED) is 0.529. The summed E-state index contributed by atoms with van der Waals surface area (Å²) in [6, 6.07) is 17.7. The lowest BCUT2D eigenvalue weighted by molar-refractivity contribution is 0.0922. The Morgan fingerprint density at radius 1 is 1.17 bits per heavy atom. The second-order valence-corrected chi connectivity index (χ2v) is 7.62. The lowest BCUT2D eigenvalue weighted by Crippen LogP contribution is -2.31. The summed E-state index contributed by atoms with van der Waals surface area (Å²) in [5.41, 5.74) is 3.26. The average molecular weight is 419 g/mol. The number of halogens is 1. The van der Waals surface area contributed by atoms with Gasteiger partial charge in [-0.3, -0.25) is 14.5 Å². The number of para-hydroxylation sites is 1. The standard InChI is InChI=1S/C22H19ClN6O/c23-18-13-24-21-16(11-10-15-8-4-5-9-17(15)29(18)21)25-22(30)20-26-19(27-28-20)12-14-6-2-1-3-7-14/h1-9,13,16H,10-12H2,(H,25,30)(H,26,27,28). The van der Waals surface area contributed by atoms with Crippen LogP contribution in [0.3, 0.4) is 0 Å². The molecule has 1 unspecified atom stereocenters. The predicted molar refractivity (Wildman–Crippen MR) is 113 cm³/mol. The molecular formula is C22H19ClN6O. The van der Waals surface area contributed by atoms with E-state index < -0.39 is 0 Å². The number of nitrogens with zero attached hydrogens (tertiary/aromatic N) is 4. The Bertz CT molecular complexity index is 1200. The summed E-state index contributed by atoms with van der Waals surface area (Å²) in [4.78, 5) is 21.7. The fraction of sp³-hybridized carbons (Fsp3) is 0.182. The molecule has 1 aliphatic heterocycles. The zero-order valence-corrected chi connectivity index (χ0v) is 16.8. The van der Waals surface area contributed by atoms with Crippen LogP contribution in [0, 0.1) is 0 Å². The van der Waals surface area contributed by atoms with E-state index in [-0.39, 0.29) is 17.8 Å². The predicted octanol–water partition coefficient (Wildman–Crippen LogP) is 3.65. The second kappa shape index (κ2) is 7.76. The van der Waals surface area contributed by atoms with Gasteiger partial charge in [0.2, 0.25) is 5.82 Å². The minimum Gasteiger partial charge on any atom is -0.339 e. The topological polar surface area (TPSA) is 88.5 Å². The molecule has 7 nitrogen and oxygen atoms in total. The molecule has 2 aromatic carbocycles. The number of carbonyl (C=O) groups is 1. The summed E-state index contributed by atoms with van der Waals surface area (Å²) in [5.74, 6) is 1.13. The molecule has 0 fully saturated rings. The number of aromatic nitrogens is 5. The molecule has 0 radical (unpaired) electrons. The SMILES string of the molecule is O=C(NC1CCc2ccccc2-n2c(Cl)cnc21)c1n[nH]c(Cc2ccccc2)n1. The summed E-state index contributed by atoms with van der Waals surface area (Å²) >= 11 is 6.42. The molecule has 150 valence electrons. The Labute approximate surface area is 178 Å². The van der Waals surface area contributed by atoms with Gasteiger partial charge in [0.15, 0.2) is 0 Å². The number of amides is 1. The van der Waals surface area contributed by atoms with Crippen molar-refractivity contribution in [2.24, 2.45) is 0 Å². The van der Waals surface area contributed by atoms with Crippen LogP contribution in [-0.4, -0.2) is 30.6 Å². The van der Waals surface area contributed by atoms with Crippen LogP contribution in [0.1, 0.15) is 45.9 Å². The maximum Gasteiger partial charge on any atom is 0.291 e. The van der Waals surface area contributed by atoms with Crippen molar-refractivity contribution in [3.8, 4) is 5.69 Å². The first-order valence-corrected chi connectivity index (χ1v) is 10.1. The number of imidazole rings is 1. The molecule has 1 atom stereocenters. The Balaban J connectivity index is 1.37. The summed E-state index contributed by atoms with van der Waals surface area (Å²) in [6.07, 6.45) is 3.70. The summed E-state index contributed by atoms with van der Waals surface area (Å²) in [6.45, 7) is 0. The number of nitrogens with one attached hydrogen (secondary N) is 2. The highest BCUT2D eigenvalue weighted by Gasteiger charge is 2.27. The van der Waals surface area contributed by atoms with Crippen LogP contribution in [0.2, 0.25) is 5.15 Å². The molecule has 3 heterocycles. The highest BCUT2D eigenvalue weighted by Crippen LogP contribution is 2.32. The van der Waals surface area contributed by atoms with Crippen molar-refractivity contribution in [3.05, 3.63) is 94.5 Å². The van der Waals surface area contributed by atoms with Gasteiger partial charge < -0.3 is 5.32 Å². The van der Waals surface area contributed by atoms with Crippen LogP contribution in [0.25, 0.3) is 5.69 Å². The van der Waals surface area contributed by atoms with Crippen LogP contribution in [0.4, 0.5) is 0 Å². The number of aryl methyl sites for hydroxylation is 1. The van der Waals surface area contributed by atoms with Crippen molar-refractivity contribution in [2.45, 2.75) is 25.3 Å². The molecule has 2 N–H and O–H groups in total. The molecule has 0 saturated carbocycles. The molecule has 1 amide bonds. The third-order valence-corrected chi connectivity index (χ3v) is 5.51. The Hall–Kier alpha value is -3.45. The normalized spacial score (nSPS) is 15.2. The van der Waals surface area contributed by atoms with Gasteiger partial charge in [0, 0.05) is 6.42 Å². The zero-order valence-electron chi connectivity index (χ0n) is 16.0. The highest BCUT2D eigenvalue weighted by atomic mass is 35.5. The van der Waals surface area contributed by atoms with Gasteiger partial charge in [-0.15, -0.1) is 5.10 Å². The minimum absolute atomic E-state index is 0.117. The first-order valence-electron chi connectivity index (χ1n) is 9.76. The van der Waals surface area contributed by atoms with Crippen LogP contribution >= 0.6 is 11.6 Å². The maximum atomic E-state index is 12.9. The van der Waals surface area contributed by atoms with Crippen molar-refractivity contribution >= 4 is 17.5 Å². The molecule has 2 aromatic heterocycles. The van der Waals surface area contributed by atoms with E-state index in [9.17, 15) is 4.79 Å². The minimum atomic E-state index is -0.341.